The van der Waals surface area contributed by atoms with Gasteiger partial charge in [-0.2, -0.15) is 5.26 Å². The Hall–Kier alpha value is -2.18. The second-order valence-corrected chi connectivity index (χ2v) is 3.48. The smallest absolute Gasteiger partial charge is 0.0991 e. The van der Waals surface area contributed by atoms with Crippen molar-refractivity contribution in [1.82, 2.24) is 4.98 Å². The van der Waals surface area contributed by atoms with Crippen LogP contribution < -0.4 is 5.73 Å². The van der Waals surface area contributed by atoms with Gasteiger partial charge in [-0.1, -0.05) is 12.1 Å². The van der Waals surface area contributed by atoms with E-state index in [9.17, 15) is 0 Å². The predicted octanol–water partition coefficient (Wildman–Crippen LogP) is 2.08. The Labute approximate surface area is 94.2 Å². The number of benzene rings is 1. The fourth-order valence-electron chi connectivity index (χ4n) is 1.49. The Balaban J connectivity index is 2.39. The molecule has 0 aliphatic rings. The van der Waals surface area contributed by atoms with E-state index >= 15 is 0 Å². The second-order valence-electron chi connectivity index (χ2n) is 3.48. The number of nitriles is 1. The molecule has 0 aliphatic heterocycles. The van der Waals surface area contributed by atoms with Crippen LogP contribution in [0.15, 0.2) is 42.7 Å². The van der Waals surface area contributed by atoms with Gasteiger partial charge in [-0.05, 0) is 29.3 Å². The first-order chi connectivity index (χ1) is 7.83. The summed E-state index contributed by atoms with van der Waals surface area (Å²) < 4.78 is 0. The SMILES string of the molecule is N#Cc1ccc(-c2cncc(CN)c2)cc1. The molecule has 1 aromatic heterocycles. The highest BCUT2D eigenvalue weighted by atomic mass is 14.6. The molecule has 16 heavy (non-hydrogen) atoms. The summed E-state index contributed by atoms with van der Waals surface area (Å²) in [5, 5.41) is 8.70. The fraction of sp³-hybridized carbons (Fsp3) is 0.0769. The van der Waals surface area contributed by atoms with Crippen LogP contribution in [0.25, 0.3) is 11.1 Å². The molecule has 1 heterocycles. The zero-order chi connectivity index (χ0) is 11.4. The first kappa shape index (κ1) is 10.3. The molecule has 0 bridgehead atoms. The molecule has 0 saturated heterocycles. The molecule has 3 nitrogen and oxygen atoms in total. The average Bonchev–Trinajstić information content (AvgIpc) is 2.39. The minimum atomic E-state index is 0.483. The molecule has 0 radical (unpaired) electrons. The van der Waals surface area contributed by atoms with Gasteiger partial charge in [-0.3, -0.25) is 4.98 Å². The van der Waals surface area contributed by atoms with Gasteiger partial charge in [0, 0.05) is 24.5 Å². The summed E-state index contributed by atoms with van der Waals surface area (Å²) >= 11 is 0. The first-order valence-electron chi connectivity index (χ1n) is 4.98. The van der Waals surface area contributed by atoms with Gasteiger partial charge >= 0.3 is 0 Å². The lowest BCUT2D eigenvalue weighted by Crippen LogP contribution is -1.96. The van der Waals surface area contributed by atoms with Gasteiger partial charge in [0.25, 0.3) is 0 Å². The summed E-state index contributed by atoms with van der Waals surface area (Å²) in [5.74, 6) is 0. The lowest BCUT2D eigenvalue weighted by Gasteiger charge is -2.03. The highest BCUT2D eigenvalue weighted by Gasteiger charge is 1.99. The minimum Gasteiger partial charge on any atom is -0.326 e. The van der Waals surface area contributed by atoms with Gasteiger partial charge in [0.1, 0.15) is 0 Å². The zero-order valence-corrected chi connectivity index (χ0v) is 8.72. The van der Waals surface area contributed by atoms with Crippen molar-refractivity contribution in [3.05, 3.63) is 53.9 Å². The number of hydrogen-bond acceptors (Lipinski definition) is 3. The molecule has 0 spiro atoms. The van der Waals surface area contributed by atoms with E-state index in [0.29, 0.717) is 12.1 Å². The topological polar surface area (TPSA) is 62.7 Å². The van der Waals surface area contributed by atoms with Crippen LogP contribution in [0, 0.1) is 11.3 Å². The van der Waals surface area contributed by atoms with Crippen molar-refractivity contribution in [1.29, 1.82) is 5.26 Å². The van der Waals surface area contributed by atoms with Gasteiger partial charge in [0.2, 0.25) is 0 Å². The van der Waals surface area contributed by atoms with E-state index in [-0.39, 0.29) is 0 Å². The summed E-state index contributed by atoms with van der Waals surface area (Å²) in [4.78, 5) is 4.13. The average molecular weight is 209 g/mol. The third-order valence-corrected chi connectivity index (χ3v) is 2.38. The maximum atomic E-state index is 8.70. The lowest BCUT2D eigenvalue weighted by molar-refractivity contribution is 1.05. The van der Waals surface area contributed by atoms with E-state index in [4.69, 9.17) is 11.0 Å². The molecule has 0 unspecified atom stereocenters. The maximum absolute atomic E-state index is 8.70. The van der Waals surface area contributed by atoms with Crippen LogP contribution in [0.4, 0.5) is 0 Å². The Morgan fingerprint density at radius 3 is 2.50 bits per heavy atom. The highest BCUT2D eigenvalue weighted by molar-refractivity contribution is 5.63. The van der Waals surface area contributed by atoms with Crippen molar-refractivity contribution in [3.8, 4) is 17.2 Å². The van der Waals surface area contributed by atoms with Crippen molar-refractivity contribution in [2.45, 2.75) is 6.54 Å². The Morgan fingerprint density at radius 2 is 1.88 bits per heavy atom. The van der Waals surface area contributed by atoms with E-state index < -0.39 is 0 Å². The number of hydrogen-bond donors (Lipinski definition) is 1. The van der Waals surface area contributed by atoms with Crippen LogP contribution in [0.2, 0.25) is 0 Å². The van der Waals surface area contributed by atoms with Crippen LogP contribution in [-0.2, 0) is 6.54 Å². The van der Waals surface area contributed by atoms with E-state index in [1.807, 2.05) is 18.2 Å². The zero-order valence-electron chi connectivity index (χ0n) is 8.72. The third kappa shape index (κ3) is 2.08. The molecule has 3 heteroatoms. The van der Waals surface area contributed by atoms with E-state index in [1.165, 1.54) is 0 Å². The lowest BCUT2D eigenvalue weighted by atomic mass is 10.0. The molecule has 0 saturated carbocycles. The summed E-state index contributed by atoms with van der Waals surface area (Å²) in [6.45, 7) is 0.483. The van der Waals surface area contributed by atoms with Gasteiger partial charge in [0.05, 0.1) is 11.6 Å². The maximum Gasteiger partial charge on any atom is 0.0991 e. The summed E-state index contributed by atoms with van der Waals surface area (Å²) in [6, 6.07) is 11.5. The molecule has 0 aliphatic carbocycles. The molecular formula is C13H11N3. The van der Waals surface area contributed by atoms with E-state index in [0.717, 1.165) is 16.7 Å². The van der Waals surface area contributed by atoms with Crippen LogP contribution in [0.3, 0.4) is 0 Å². The molecular weight excluding hydrogens is 198 g/mol. The highest BCUT2D eigenvalue weighted by Crippen LogP contribution is 2.19. The van der Waals surface area contributed by atoms with Crippen molar-refractivity contribution >= 4 is 0 Å². The molecule has 0 fully saturated rings. The van der Waals surface area contributed by atoms with Crippen LogP contribution in [0.5, 0.6) is 0 Å². The minimum absolute atomic E-state index is 0.483. The Bertz CT molecular complexity index is 524. The second kappa shape index (κ2) is 4.56. The van der Waals surface area contributed by atoms with Gasteiger partial charge in [-0.25, -0.2) is 0 Å². The Kier molecular flexibility index (Phi) is 2.95. The van der Waals surface area contributed by atoms with Crippen LogP contribution in [0.1, 0.15) is 11.1 Å². The number of nitrogens with zero attached hydrogens (tertiary/aromatic N) is 2. The molecule has 2 N–H and O–H groups in total. The van der Waals surface area contributed by atoms with Crippen molar-refractivity contribution in [2.24, 2.45) is 5.73 Å². The number of rotatable bonds is 2. The molecule has 0 amide bonds. The standard InChI is InChI=1S/C13H11N3/c14-6-10-1-3-12(4-2-10)13-5-11(7-15)8-16-9-13/h1-5,8-9H,7,15H2. The normalized spacial score (nSPS) is 9.75. The van der Waals surface area contributed by atoms with Crippen LogP contribution >= 0.6 is 0 Å². The van der Waals surface area contributed by atoms with Crippen molar-refractivity contribution in [3.63, 3.8) is 0 Å². The van der Waals surface area contributed by atoms with E-state index in [1.54, 1.807) is 24.5 Å². The first-order valence-corrected chi connectivity index (χ1v) is 4.98. The van der Waals surface area contributed by atoms with Gasteiger partial charge in [0.15, 0.2) is 0 Å². The number of pyridine rings is 1. The third-order valence-electron chi connectivity index (χ3n) is 2.38. The van der Waals surface area contributed by atoms with Gasteiger partial charge in [-0.15, -0.1) is 0 Å². The molecule has 2 rings (SSSR count). The molecule has 1 aromatic carbocycles. The van der Waals surface area contributed by atoms with Crippen LogP contribution in [-0.4, -0.2) is 4.98 Å². The molecule has 0 atom stereocenters. The summed E-state index contributed by atoms with van der Waals surface area (Å²) in [7, 11) is 0. The molecule has 2 aromatic rings. The quantitative estimate of drug-likeness (QED) is 0.823. The molecule has 78 valence electrons. The van der Waals surface area contributed by atoms with E-state index in [2.05, 4.69) is 11.1 Å². The monoisotopic (exact) mass is 209 g/mol. The van der Waals surface area contributed by atoms with Gasteiger partial charge < -0.3 is 5.73 Å². The fourth-order valence-corrected chi connectivity index (χ4v) is 1.49. The number of nitrogens with two attached hydrogens (primary N) is 1. The summed E-state index contributed by atoms with van der Waals surface area (Å²) in [6.07, 6.45) is 3.55. The largest absolute Gasteiger partial charge is 0.326 e. The summed E-state index contributed by atoms with van der Waals surface area (Å²) in [5.41, 5.74) is 9.28. The van der Waals surface area contributed by atoms with Crippen molar-refractivity contribution in [2.75, 3.05) is 0 Å². The Morgan fingerprint density at radius 1 is 1.12 bits per heavy atom. The van der Waals surface area contributed by atoms with Crippen molar-refractivity contribution < 1.29 is 0 Å². The number of aromatic nitrogens is 1. The predicted molar refractivity (Wildman–Crippen MR) is 62.3 cm³/mol.